The molecule has 0 amide bonds. The molecule has 2 aromatic heterocycles. The van der Waals surface area contributed by atoms with E-state index in [0.29, 0.717) is 29.7 Å². The number of hydrogen-bond donors (Lipinski definition) is 2. The lowest BCUT2D eigenvalue weighted by atomic mass is 10.2. The van der Waals surface area contributed by atoms with Gasteiger partial charge in [0.05, 0.1) is 24.4 Å². The monoisotopic (exact) mass is 447 g/mol. The van der Waals surface area contributed by atoms with E-state index in [1.165, 1.54) is 24.2 Å². The Balaban J connectivity index is 1.64. The molecule has 170 valence electrons. The van der Waals surface area contributed by atoms with Gasteiger partial charge < -0.3 is 19.8 Å². The van der Waals surface area contributed by atoms with E-state index in [-0.39, 0.29) is 18.1 Å². The highest BCUT2D eigenvalue weighted by molar-refractivity contribution is 7.13. The lowest BCUT2D eigenvalue weighted by molar-refractivity contribution is 0.0531. The van der Waals surface area contributed by atoms with Crippen LogP contribution >= 0.6 is 11.3 Å². The van der Waals surface area contributed by atoms with Gasteiger partial charge >= 0.3 is 5.97 Å². The minimum Gasteiger partial charge on any atom is -0.465 e. The molecule has 0 saturated carbocycles. The fourth-order valence-electron chi connectivity index (χ4n) is 3.74. The molecule has 0 spiro atoms. The number of likely N-dealkylation sites (tertiary alicyclic amines) is 1. The van der Waals surface area contributed by atoms with Gasteiger partial charge in [-0.2, -0.15) is 0 Å². The van der Waals surface area contributed by atoms with Gasteiger partial charge in [0.25, 0.3) is 0 Å². The number of nitrogens with one attached hydrogen (secondary N) is 2. The van der Waals surface area contributed by atoms with Gasteiger partial charge in [0.15, 0.2) is 5.96 Å². The number of furan rings is 1. The number of carbonyl (C=O) groups is 1. The Hall–Kier alpha value is -2.39. The first-order valence-electron chi connectivity index (χ1n) is 10.8. The minimum atomic E-state index is -0.319. The number of guanidine groups is 1. The van der Waals surface area contributed by atoms with Crippen molar-refractivity contribution in [3.63, 3.8) is 0 Å². The molecule has 1 saturated heterocycles. The van der Waals surface area contributed by atoms with Gasteiger partial charge in [0.2, 0.25) is 0 Å². The van der Waals surface area contributed by atoms with Crippen LogP contribution in [0.25, 0.3) is 0 Å². The quantitative estimate of drug-likeness (QED) is 0.363. The predicted octanol–water partition coefficient (Wildman–Crippen LogP) is 3.59. The van der Waals surface area contributed by atoms with Gasteiger partial charge in [-0.3, -0.25) is 9.89 Å². The molecule has 3 heterocycles. The topological polar surface area (TPSA) is 92.0 Å². The zero-order valence-corrected chi connectivity index (χ0v) is 19.8. The maximum Gasteiger partial charge on any atom is 0.350 e. The first-order chi connectivity index (χ1) is 14.9. The Morgan fingerprint density at radius 1 is 1.35 bits per heavy atom. The van der Waals surface area contributed by atoms with Crippen molar-refractivity contribution in [2.24, 2.45) is 4.99 Å². The fourth-order valence-corrected chi connectivity index (χ4v) is 4.70. The number of nitrogens with zero attached hydrogens (tertiary/aromatic N) is 3. The number of ether oxygens (including phenoxy) is 1. The SMILES string of the molecule is CCOC(=O)c1sc(C(C)NC(=NC)NCC(c2ccc(C)o2)N2CCCC2)nc1C. The molecular formula is C22H33N5O3S. The Bertz CT molecular complexity index is 901. The Morgan fingerprint density at radius 2 is 2.10 bits per heavy atom. The van der Waals surface area contributed by atoms with Crippen LogP contribution in [0.5, 0.6) is 0 Å². The molecule has 31 heavy (non-hydrogen) atoms. The van der Waals surface area contributed by atoms with E-state index in [2.05, 4.69) is 31.6 Å². The van der Waals surface area contributed by atoms with Crippen LogP contribution < -0.4 is 10.6 Å². The summed E-state index contributed by atoms with van der Waals surface area (Å²) in [6.45, 7) is 10.8. The molecule has 0 bridgehead atoms. The molecular weight excluding hydrogens is 414 g/mol. The summed E-state index contributed by atoms with van der Waals surface area (Å²) in [5.74, 6) is 2.27. The van der Waals surface area contributed by atoms with Crippen molar-refractivity contribution in [3.05, 3.63) is 39.2 Å². The molecule has 2 unspecified atom stereocenters. The van der Waals surface area contributed by atoms with Crippen LogP contribution in [0, 0.1) is 13.8 Å². The van der Waals surface area contributed by atoms with Crippen molar-refractivity contribution in [3.8, 4) is 0 Å². The van der Waals surface area contributed by atoms with Crippen molar-refractivity contribution in [2.45, 2.75) is 52.6 Å². The Labute approximate surface area is 188 Å². The number of esters is 1. The standard InChI is InChI=1S/C22H33N5O3S/c1-6-29-21(28)19-15(3)25-20(31-19)16(4)26-22(23-5)24-13-17(27-11-7-8-12-27)18-10-9-14(2)30-18/h9-10,16-17H,6-8,11-13H2,1-5H3,(H2,23,24,26). The second kappa shape index (κ2) is 10.8. The molecule has 2 N–H and O–H groups in total. The summed E-state index contributed by atoms with van der Waals surface area (Å²) in [5, 5.41) is 7.64. The lowest BCUT2D eigenvalue weighted by Gasteiger charge is -2.27. The smallest absolute Gasteiger partial charge is 0.350 e. The summed E-state index contributed by atoms with van der Waals surface area (Å²) < 4.78 is 11.1. The minimum absolute atomic E-state index is 0.103. The third-order valence-electron chi connectivity index (χ3n) is 5.36. The van der Waals surface area contributed by atoms with Gasteiger partial charge in [0, 0.05) is 13.6 Å². The van der Waals surface area contributed by atoms with Crippen molar-refractivity contribution >= 4 is 23.3 Å². The number of carbonyl (C=O) groups excluding carboxylic acids is 1. The molecule has 3 rings (SSSR count). The summed E-state index contributed by atoms with van der Waals surface area (Å²) >= 11 is 1.36. The van der Waals surface area contributed by atoms with E-state index in [4.69, 9.17) is 9.15 Å². The molecule has 0 radical (unpaired) electrons. The average Bonchev–Trinajstić information content (AvgIpc) is 3.49. The molecule has 1 aliphatic rings. The van der Waals surface area contributed by atoms with Crippen molar-refractivity contribution in [1.82, 2.24) is 20.5 Å². The normalized spacial score (nSPS) is 16.9. The highest BCUT2D eigenvalue weighted by atomic mass is 32.1. The highest BCUT2D eigenvalue weighted by Gasteiger charge is 2.26. The molecule has 9 heteroatoms. The molecule has 2 aromatic rings. The van der Waals surface area contributed by atoms with Crippen LogP contribution in [-0.2, 0) is 4.74 Å². The first-order valence-corrected chi connectivity index (χ1v) is 11.7. The number of thiazole rings is 1. The van der Waals surface area contributed by atoms with Gasteiger partial charge in [-0.1, -0.05) is 0 Å². The third-order valence-corrected chi connectivity index (χ3v) is 6.68. The van der Waals surface area contributed by atoms with E-state index in [0.717, 1.165) is 29.6 Å². The second-order valence-corrected chi connectivity index (χ2v) is 8.74. The maximum absolute atomic E-state index is 12.1. The molecule has 8 nitrogen and oxygen atoms in total. The lowest BCUT2D eigenvalue weighted by Crippen LogP contribution is -2.43. The summed E-state index contributed by atoms with van der Waals surface area (Å²) in [6, 6.07) is 4.13. The van der Waals surface area contributed by atoms with Gasteiger partial charge in [-0.25, -0.2) is 9.78 Å². The summed E-state index contributed by atoms with van der Waals surface area (Å²) in [6.07, 6.45) is 2.43. The Kier molecular flexibility index (Phi) is 8.09. The van der Waals surface area contributed by atoms with Gasteiger partial charge in [-0.15, -0.1) is 11.3 Å². The fraction of sp³-hybridized carbons (Fsp3) is 0.591. The molecule has 1 aliphatic heterocycles. The zero-order chi connectivity index (χ0) is 22.4. The number of rotatable bonds is 8. The highest BCUT2D eigenvalue weighted by Crippen LogP contribution is 2.27. The van der Waals surface area contributed by atoms with E-state index in [1.807, 2.05) is 26.8 Å². The average molecular weight is 448 g/mol. The van der Waals surface area contributed by atoms with E-state index >= 15 is 0 Å². The van der Waals surface area contributed by atoms with Crippen LogP contribution in [0.2, 0.25) is 0 Å². The summed E-state index contributed by atoms with van der Waals surface area (Å²) in [4.78, 5) is 24.0. The summed E-state index contributed by atoms with van der Waals surface area (Å²) in [5.41, 5.74) is 0.692. The Morgan fingerprint density at radius 3 is 2.71 bits per heavy atom. The van der Waals surface area contributed by atoms with Gasteiger partial charge in [-0.05, 0) is 65.8 Å². The van der Waals surface area contributed by atoms with Crippen molar-refractivity contribution < 1.29 is 13.9 Å². The van der Waals surface area contributed by atoms with Gasteiger partial charge in [0.1, 0.15) is 21.4 Å². The largest absolute Gasteiger partial charge is 0.465 e. The number of aryl methyl sites for hydroxylation is 2. The van der Waals surface area contributed by atoms with E-state index in [9.17, 15) is 4.79 Å². The second-order valence-electron chi connectivity index (χ2n) is 7.71. The van der Waals surface area contributed by atoms with Crippen LogP contribution in [0.4, 0.5) is 0 Å². The molecule has 0 aromatic carbocycles. The molecule has 2 atom stereocenters. The van der Waals surface area contributed by atoms with E-state index < -0.39 is 0 Å². The van der Waals surface area contributed by atoms with Crippen molar-refractivity contribution in [1.29, 1.82) is 0 Å². The molecule has 0 aliphatic carbocycles. The van der Waals surface area contributed by atoms with Crippen molar-refractivity contribution in [2.75, 3.05) is 33.3 Å². The molecule has 1 fully saturated rings. The van der Waals surface area contributed by atoms with Crippen LogP contribution in [0.1, 0.15) is 70.7 Å². The number of aliphatic imine (C=N–C) groups is 1. The van der Waals surface area contributed by atoms with Crippen LogP contribution in [-0.4, -0.2) is 55.1 Å². The number of hydrogen-bond acceptors (Lipinski definition) is 7. The first kappa shape index (κ1) is 23.3. The van der Waals surface area contributed by atoms with Crippen LogP contribution in [0.15, 0.2) is 21.5 Å². The number of aromatic nitrogens is 1. The predicted molar refractivity (Wildman–Crippen MR) is 123 cm³/mol. The summed E-state index contributed by atoms with van der Waals surface area (Å²) in [7, 11) is 1.75. The zero-order valence-electron chi connectivity index (χ0n) is 19.0. The third kappa shape index (κ3) is 5.86. The van der Waals surface area contributed by atoms with E-state index in [1.54, 1.807) is 14.0 Å². The maximum atomic E-state index is 12.1. The van der Waals surface area contributed by atoms with Crippen LogP contribution in [0.3, 0.4) is 0 Å².